The van der Waals surface area contributed by atoms with E-state index < -0.39 is 0 Å². The molecule has 1 aromatic heterocycles. The van der Waals surface area contributed by atoms with E-state index in [1.54, 1.807) is 17.4 Å². The summed E-state index contributed by atoms with van der Waals surface area (Å²) in [6, 6.07) is 5.45. The summed E-state index contributed by atoms with van der Waals surface area (Å²) in [4.78, 5) is 7.68. The van der Waals surface area contributed by atoms with Gasteiger partial charge in [-0.1, -0.05) is 19.4 Å². The van der Waals surface area contributed by atoms with Crippen LogP contribution < -0.4 is 4.90 Å². The van der Waals surface area contributed by atoms with Gasteiger partial charge < -0.3 is 9.64 Å². The van der Waals surface area contributed by atoms with Crippen LogP contribution in [0.4, 0.5) is 10.1 Å². The Balaban J connectivity index is 1.88. The van der Waals surface area contributed by atoms with Gasteiger partial charge in [0.1, 0.15) is 5.82 Å². The van der Waals surface area contributed by atoms with Gasteiger partial charge in [0.25, 0.3) is 0 Å². The van der Waals surface area contributed by atoms with Crippen LogP contribution >= 0.6 is 11.3 Å². The van der Waals surface area contributed by atoms with Crippen molar-refractivity contribution in [3.05, 3.63) is 34.4 Å². The van der Waals surface area contributed by atoms with Crippen molar-refractivity contribution < 1.29 is 9.13 Å². The van der Waals surface area contributed by atoms with E-state index >= 15 is 0 Å². The molecule has 0 bridgehead atoms. The molecule has 3 rings (SSSR count). The normalized spacial score (nSPS) is 15.4. The molecule has 5 heteroatoms. The monoisotopic (exact) mass is 306 g/mol. The number of nitrogens with zero attached hydrogens (tertiary/aromatic N) is 2. The van der Waals surface area contributed by atoms with Crippen molar-refractivity contribution in [1.29, 1.82) is 0 Å². The Bertz CT molecular complexity index is 608. The number of halogens is 1. The third-order valence-corrected chi connectivity index (χ3v) is 4.58. The first-order chi connectivity index (χ1) is 10.3. The summed E-state index contributed by atoms with van der Waals surface area (Å²) < 4.78 is 19.8. The maximum atomic E-state index is 14.4. The van der Waals surface area contributed by atoms with E-state index in [-0.39, 0.29) is 5.82 Å². The van der Waals surface area contributed by atoms with Gasteiger partial charge >= 0.3 is 0 Å². The highest BCUT2D eigenvalue weighted by molar-refractivity contribution is 7.10. The first-order valence-corrected chi connectivity index (χ1v) is 8.22. The maximum absolute atomic E-state index is 14.4. The van der Waals surface area contributed by atoms with Crippen molar-refractivity contribution in [2.75, 3.05) is 31.2 Å². The Hall–Kier alpha value is -1.46. The molecule has 0 aliphatic carbocycles. The highest BCUT2D eigenvalue weighted by atomic mass is 32.1. The number of hydrogen-bond acceptors (Lipinski definition) is 4. The molecule has 0 amide bonds. The standard InChI is InChI=1S/C16H19FN2OS/c1-2-3-15-16(18-11-21-15)12-4-5-14(13(17)10-12)19-6-8-20-9-7-19/h4-5,10-11H,2-3,6-9H2,1H3. The van der Waals surface area contributed by atoms with E-state index in [2.05, 4.69) is 11.9 Å². The molecule has 0 atom stereocenters. The van der Waals surface area contributed by atoms with Crippen molar-refractivity contribution in [3.63, 3.8) is 0 Å². The Kier molecular flexibility index (Phi) is 4.51. The van der Waals surface area contributed by atoms with Crippen LogP contribution in [0.25, 0.3) is 11.3 Å². The average molecular weight is 306 g/mol. The lowest BCUT2D eigenvalue weighted by Gasteiger charge is -2.29. The van der Waals surface area contributed by atoms with Gasteiger partial charge in [0.15, 0.2) is 0 Å². The smallest absolute Gasteiger partial charge is 0.147 e. The summed E-state index contributed by atoms with van der Waals surface area (Å²) in [7, 11) is 0. The predicted octanol–water partition coefficient (Wildman–Crippen LogP) is 3.74. The largest absolute Gasteiger partial charge is 0.378 e. The van der Waals surface area contributed by atoms with Gasteiger partial charge in [0.05, 0.1) is 30.1 Å². The fourth-order valence-corrected chi connectivity index (χ4v) is 3.51. The Morgan fingerprint density at radius 1 is 1.33 bits per heavy atom. The summed E-state index contributed by atoms with van der Waals surface area (Å²) in [5.74, 6) is -0.176. The molecule has 2 aromatic rings. The first-order valence-electron chi connectivity index (χ1n) is 7.34. The molecule has 2 heterocycles. The van der Waals surface area contributed by atoms with Gasteiger partial charge in [0, 0.05) is 23.5 Å². The second kappa shape index (κ2) is 6.54. The number of hydrogen-bond donors (Lipinski definition) is 0. The second-order valence-electron chi connectivity index (χ2n) is 5.14. The van der Waals surface area contributed by atoms with Gasteiger partial charge in [-0.05, 0) is 18.6 Å². The summed E-state index contributed by atoms with van der Waals surface area (Å²) >= 11 is 1.65. The number of rotatable bonds is 4. The van der Waals surface area contributed by atoms with E-state index in [9.17, 15) is 4.39 Å². The lowest BCUT2D eigenvalue weighted by atomic mass is 10.1. The van der Waals surface area contributed by atoms with E-state index in [4.69, 9.17) is 4.74 Å². The molecule has 0 spiro atoms. The number of anilines is 1. The summed E-state index contributed by atoms with van der Waals surface area (Å²) in [6.45, 7) is 4.95. The number of ether oxygens (including phenoxy) is 1. The van der Waals surface area contributed by atoms with Crippen LogP contribution in [0, 0.1) is 5.82 Å². The summed E-state index contributed by atoms with van der Waals surface area (Å²) in [6.07, 6.45) is 2.07. The lowest BCUT2D eigenvalue weighted by molar-refractivity contribution is 0.122. The van der Waals surface area contributed by atoms with Gasteiger partial charge in [-0.3, -0.25) is 0 Å². The molecule has 3 nitrogen and oxygen atoms in total. The minimum Gasteiger partial charge on any atom is -0.378 e. The zero-order valence-electron chi connectivity index (χ0n) is 12.1. The van der Waals surface area contributed by atoms with Crippen molar-refractivity contribution in [2.24, 2.45) is 0 Å². The molecule has 0 radical (unpaired) electrons. The molecule has 1 fully saturated rings. The van der Waals surface area contributed by atoms with Crippen molar-refractivity contribution in [2.45, 2.75) is 19.8 Å². The number of benzene rings is 1. The quantitative estimate of drug-likeness (QED) is 0.860. The zero-order valence-corrected chi connectivity index (χ0v) is 13.0. The SMILES string of the molecule is CCCc1scnc1-c1ccc(N2CCOCC2)c(F)c1. The third kappa shape index (κ3) is 3.09. The van der Waals surface area contributed by atoms with Crippen LogP contribution in [0.2, 0.25) is 0 Å². The molecule has 1 saturated heterocycles. The van der Waals surface area contributed by atoms with Crippen LogP contribution in [-0.2, 0) is 11.2 Å². The second-order valence-corrected chi connectivity index (χ2v) is 6.08. The maximum Gasteiger partial charge on any atom is 0.147 e. The summed E-state index contributed by atoms with van der Waals surface area (Å²) in [5.41, 5.74) is 4.30. The third-order valence-electron chi connectivity index (χ3n) is 3.69. The van der Waals surface area contributed by atoms with Gasteiger partial charge in [0.2, 0.25) is 0 Å². The van der Waals surface area contributed by atoms with Crippen LogP contribution in [-0.4, -0.2) is 31.3 Å². The topological polar surface area (TPSA) is 25.4 Å². The van der Waals surface area contributed by atoms with E-state index in [1.165, 1.54) is 4.88 Å². The van der Waals surface area contributed by atoms with Crippen LogP contribution in [0.15, 0.2) is 23.7 Å². The molecule has 1 aliphatic rings. The van der Waals surface area contributed by atoms with E-state index in [1.807, 2.05) is 22.5 Å². The van der Waals surface area contributed by atoms with Gasteiger partial charge in [-0.15, -0.1) is 11.3 Å². The molecule has 1 aromatic carbocycles. The molecule has 1 aliphatic heterocycles. The number of aryl methyl sites for hydroxylation is 1. The van der Waals surface area contributed by atoms with Gasteiger partial charge in [-0.25, -0.2) is 9.37 Å². The minimum atomic E-state index is -0.176. The van der Waals surface area contributed by atoms with E-state index in [0.29, 0.717) is 18.9 Å². The molecule has 0 saturated carbocycles. The molecule has 0 N–H and O–H groups in total. The van der Waals surface area contributed by atoms with Gasteiger partial charge in [-0.2, -0.15) is 0 Å². The number of thiazole rings is 1. The van der Waals surface area contributed by atoms with Crippen LogP contribution in [0.5, 0.6) is 0 Å². The van der Waals surface area contributed by atoms with E-state index in [0.717, 1.165) is 37.2 Å². The van der Waals surface area contributed by atoms with Crippen molar-refractivity contribution >= 4 is 17.0 Å². The number of morpholine rings is 1. The predicted molar refractivity (Wildman–Crippen MR) is 84.5 cm³/mol. The fraction of sp³-hybridized carbons (Fsp3) is 0.438. The molecule has 112 valence electrons. The average Bonchev–Trinajstić information content (AvgIpc) is 2.97. The highest BCUT2D eigenvalue weighted by Gasteiger charge is 2.17. The minimum absolute atomic E-state index is 0.176. The van der Waals surface area contributed by atoms with Crippen molar-refractivity contribution in [3.8, 4) is 11.3 Å². The molecular formula is C16H19FN2OS. The summed E-state index contributed by atoms with van der Waals surface area (Å²) in [5, 5.41) is 0. The van der Waals surface area contributed by atoms with Crippen LogP contribution in [0.3, 0.4) is 0 Å². The molecule has 0 unspecified atom stereocenters. The highest BCUT2D eigenvalue weighted by Crippen LogP contribution is 2.30. The lowest BCUT2D eigenvalue weighted by Crippen LogP contribution is -2.36. The zero-order chi connectivity index (χ0) is 14.7. The Morgan fingerprint density at radius 2 is 2.14 bits per heavy atom. The molecule has 21 heavy (non-hydrogen) atoms. The first kappa shape index (κ1) is 14.5. The number of aromatic nitrogens is 1. The Labute approximate surface area is 128 Å². The fourth-order valence-electron chi connectivity index (χ4n) is 2.63. The molecular weight excluding hydrogens is 287 g/mol. The van der Waals surface area contributed by atoms with Crippen LogP contribution in [0.1, 0.15) is 18.2 Å². The Morgan fingerprint density at radius 3 is 2.86 bits per heavy atom. The van der Waals surface area contributed by atoms with Crippen molar-refractivity contribution in [1.82, 2.24) is 4.98 Å².